The van der Waals surface area contributed by atoms with Crippen molar-refractivity contribution in [3.8, 4) is 0 Å². The maximum absolute atomic E-state index is 11.7. The molecule has 0 aromatic rings. The molecule has 2 unspecified atom stereocenters. The molecule has 3 heteroatoms. The molecular weight excluding hydrogens is 252 g/mol. The van der Waals surface area contributed by atoms with Gasteiger partial charge in [0.05, 0.1) is 11.8 Å². The Hall–Kier alpha value is -1.90. The summed E-state index contributed by atoms with van der Waals surface area (Å²) < 4.78 is 4.80. The molecule has 3 nitrogen and oxygen atoms in total. The fourth-order valence-electron chi connectivity index (χ4n) is 3.77. The van der Waals surface area contributed by atoms with Gasteiger partial charge < -0.3 is 4.74 Å². The zero-order chi connectivity index (χ0) is 13.7. The lowest BCUT2D eigenvalue weighted by Gasteiger charge is -2.25. The molecule has 0 spiro atoms. The summed E-state index contributed by atoms with van der Waals surface area (Å²) in [5.74, 6) is -0.345. The number of fused-ring (bicyclic) bond motifs is 4. The van der Waals surface area contributed by atoms with Crippen molar-refractivity contribution in [2.45, 2.75) is 19.3 Å². The molecule has 2 bridgehead atoms. The molecule has 0 radical (unpaired) electrons. The first-order valence-corrected chi connectivity index (χ1v) is 7.23. The maximum atomic E-state index is 11.7. The van der Waals surface area contributed by atoms with Gasteiger partial charge in [0.2, 0.25) is 0 Å². The molecule has 0 aromatic heterocycles. The highest BCUT2D eigenvalue weighted by atomic mass is 16.6. The lowest BCUT2D eigenvalue weighted by molar-refractivity contribution is -0.153. The molecule has 0 aromatic carbocycles. The summed E-state index contributed by atoms with van der Waals surface area (Å²) in [5, 5.41) is 0. The average molecular weight is 268 g/mol. The van der Waals surface area contributed by atoms with Gasteiger partial charge in [0.15, 0.2) is 0 Å². The second-order valence-electron chi connectivity index (χ2n) is 6.08. The van der Waals surface area contributed by atoms with Gasteiger partial charge in [-0.15, -0.1) is 0 Å². The molecule has 0 amide bonds. The van der Waals surface area contributed by atoms with Gasteiger partial charge in [-0.25, -0.2) is 0 Å². The predicted octanol–water partition coefficient (Wildman–Crippen LogP) is 2.71. The van der Waals surface area contributed by atoms with E-state index in [1.807, 2.05) is 0 Å². The summed E-state index contributed by atoms with van der Waals surface area (Å²) >= 11 is 0. The monoisotopic (exact) mass is 268 g/mol. The summed E-state index contributed by atoms with van der Waals surface area (Å²) in [7, 11) is 0. The van der Waals surface area contributed by atoms with Crippen LogP contribution in [0.25, 0.3) is 0 Å². The lowest BCUT2D eigenvalue weighted by atomic mass is 9.75. The number of hydrogen-bond donors (Lipinski definition) is 0. The van der Waals surface area contributed by atoms with E-state index in [1.165, 1.54) is 11.1 Å². The van der Waals surface area contributed by atoms with Gasteiger partial charge in [-0.05, 0) is 42.2 Å². The van der Waals surface area contributed by atoms with E-state index in [2.05, 4.69) is 36.5 Å². The van der Waals surface area contributed by atoms with Crippen LogP contribution in [0.4, 0.5) is 0 Å². The summed E-state index contributed by atoms with van der Waals surface area (Å²) in [6, 6.07) is 0. The van der Waals surface area contributed by atoms with Crippen molar-refractivity contribution >= 4 is 11.9 Å². The van der Waals surface area contributed by atoms with Crippen molar-refractivity contribution in [3.05, 3.63) is 47.6 Å². The van der Waals surface area contributed by atoms with Crippen molar-refractivity contribution in [2.75, 3.05) is 0 Å². The molecule has 1 aliphatic heterocycles. The second-order valence-corrected chi connectivity index (χ2v) is 6.08. The van der Waals surface area contributed by atoms with Crippen molar-refractivity contribution in [1.82, 2.24) is 0 Å². The molecule has 4 aliphatic rings. The predicted molar refractivity (Wildman–Crippen MR) is 73.4 cm³/mol. The van der Waals surface area contributed by atoms with Gasteiger partial charge in [-0.3, -0.25) is 9.59 Å². The normalized spacial score (nSPS) is 38.2. The van der Waals surface area contributed by atoms with Gasteiger partial charge in [-0.2, -0.15) is 0 Å². The molecule has 1 saturated carbocycles. The zero-order valence-electron chi connectivity index (χ0n) is 11.1. The number of rotatable bonds is 0. The fourth-order valence-corrected chi connectivity index (χ4v) is 3.77. The first-order chi connectivity index (χ1) is 9.70. The molecule has 3 aliphatic carbocycles. The van der Waals surface area contributed by atoms with E-state index in [1.54, 1.807) is 0 Å². The molecule has 2 fully saturated rings. The van der Waals surface area contributed by atoms with E-state index in [4.69, 9.17) is 4.74 Å². The standard InChI is InChI=1S/C17H16O3/c18-16-14-8-12-6-10-3-1-2-4-11(5-10)7-13(12)9-15(14)17(19)20-16/h1-4,6-7,10-11,14-15H,5,8-9H2/t10?,11?,14-,15-/m0/s1. The second kappa shape index (κ2) is 4.30. The van der Waals surface area contributed by atoms with Crippen molar-refractivity contribution in [2.24, 2.45) is 23.7 Å². The highest BCUT2D eigenvalue weighted by Gasteiger charge is 2.48. The Morgan fingerprint density at radius 2 is 1.35 bits per heavy atom. The smallest absolute Gasteiger partial charge is 0.317 e. The van der Waals surface area contributed by atoms with E-state index in [0.29, 0.717) is 24.7 Å². The van der Waals surface area contributed by atoms with Crippen LogP contribution in [-0.2, 0) is 14.3 Å². The number of hydrogen-bond acceptors (Lipinski definition) is 3. The fraction of sp³-hybridized carbons (Fsp3) is 0.412. The Labute approximate surface area is 117 Å². The number of cyclic esters (lactones) is 2. The van der Waals surface area contributed by atoms with Crippen molar-refractivity contribution < 1.29 is 14.3 Å². The van der Waals surface area contributed by atoms with Gasteiger partial charge in [0.1, 0.15) is 0 Å². The Kier molecular flexibility index (Phi) is 2.56. The van der Waals surface area contributed by atoms with E-state index in [0.717, 1.165) is 6.42 Å². The van der Waals surface area contributed by atoms with Crippen LogP contribution in [0.1, 0.15) is 19.3 Å². The van der Waals surface area contributed by atoms with Gasteiger partial charge in [0, 0.05) is 0 Å². The highest BCUT2D eigenvalue weighted by molar-refractivity contribution is 5.97. The number of carbonyl (C=O) groups excluding carboxylic acids is 2. The molecule has 4 rings (SSSR count). The van der Waals surface area contributed by atoms with Crippen LogP contribution in [0.15, 0.2) is 47.6 Å². The summed E-state index contributed by atoms with van der Waals surface area (Å²) in [4.78, 5) is 23.5. The van der Waals surface area contributed by atoms with Crippen molar-refractivity contribution in [1.29, 1.82) is 0 Å². The minimum atomic E-state index is -0.333. The van der Waals surface area contributed by atoms with Crippen molar-refractivity contribution in [3.63, 3.8) is 0 Å². The van der Waals surface area contributed by atoms with E-state index in [9.17, 15) is 9.59 Å². The minimum Gasteiger partial charge on any atom is -0.393 e. The molecular formula is C17H16O3. The average Bonchev–Trinajstić information content (AvgIpc) is 2.64. The third-order valence-electron chi connectivity index (χ3n) is 4.79. The summed E-state index contributed by atoms with van der Waals surface area (Å²) in [5.41, 5.74) is 2.48. The SMILES string of the molecule is O=C1OC(=O)[C@H]2CC3=CC4C=CC=CC(C=C3C[C@H]12)C4. The lowest BCUT2D eigenvalue weighted by Crippen LogP contribution is -2.24. The Morgan fingerprint density at radius 3 is 1.85 bits per heavy atom. The zero-order valence-corrected chi connectivity index (χ0v) is 11.1. The summed E-state index contributed by atoms with van der Waals surface area (Å²) in [6.07, 6.45) is 15.6. The molecule has 1 saturated heterocycles. The van der Waals surface area contributed by atoms with Crippen LogP contribution < -0.4 is 0 Å². The quantitative estimate of drug-likeness (QED) is 0.501. The van der Waals surface area contributed by atoms with Crippen LogP contribution in [0.5, 0.6) is 0 Å². The summed E-state index contributed by atoms with van der Waals surface area (Å²) in [6.45, 7) is 0. The minimum absolute atomic E-state index is 0.259. The largest absolute Gasteiger partial charge is 0.393 e. The van der Waals surface area contributed by atoms with Gasteiger partial charge in [-0.1, -0.05) is 36.5 Å². The van der Waals surface area contributed by atoms with Crippen LogP contribution in [0, 0.1) is 23.7 Å². The third kappa shape index (κ3) is 1.80. The van der Waals surface area contributed by atoms with Gasteiger partial charge in [0.25, 0.3) is 0 Å². The van der Waals surface area contributed by atoms with Crippen LogP contribution in [0.2, 0.25) is 0 Å². The van der Waals surface area contributed by atoms with Gasteiger partial charge >= 0.3 is 11.9 Å². The Bertz CT molecular complexity index is 554. The molecule has 20 heavy (non-hydrogen) atoms. The first-order valence-electron chi connectivity index (χ1n) is 7.23. The molecule has 0 N–H and O–H groups in total. The van der Waals surface area contributed by atoms with Crippen LogP contribution in [-0.4, -0.2) is 11.9 Å². The number of ether oxygens (including phenoxy) is 1. The Balaban J connectivity index is 1.73. The number of esters is 2. The van der Waals surface area contributed by atoms with E-state index >= 15 is 0 Å². The first kappa shape index (κ1) is 11.9. The molecule has 102 valence electrons. The Morgan fingerprint density at radius 1 is 0.850 bits per heavy atom. The molecule has 1 heterocycles. The van der Waals surface area contributed by atoms with E-state index < -0.39 is 0 Å². The van der Waals surface area contributed by atoms with Crippen LogP contribution in [0.3, 0.4) is 0 Å². The van der Waals surface area contributed by atoms with E-state index in [-0.39, 0.29) is 23.8 Å². The third-order valence-corrected chi connectivity index (χ3v) is 4.79. The maximum Gasteiger partial charge on any atom is 0.317 e. The highest BCUT2D eigenvalue weighted by Crippen LogP contribution is 2.45. The molecule has 4 atom stereocenters. The number of carbonyl (C=O) groups is 2. The topological polar surface area (TPSA) is 43.4 Å². The van der Waals surface area contributed by atoms with Crippen LogP contribution >= 0.6 is 0 Å². The number of allylic oxidation sites excluding steroid dienone is 8.